The van der Waals surface area contributed by atoms with Crippen molar-refractivity contribution in [1.29, 1.82) is 0 Å². The van der Waals surface area contributed by atoms with Crippen LogP contribution in [0.1, 0.15) is 29.1 Å². The van der Waals surface area contributed by atoms with E-state index in [1.165, 1.54) is 5.56 Å². The summed E-state index contributed by atoms with van der Waals surface area (Å²) in [6, 6.07) is 8.19. The fourth-order valence-corrected chi connectivity index (χ4v) is 4.29. The minimum Gasteiger partial charge on any atom is -0.381 e. The van der Waals surface area contributed by atoms with Crippen LogP contribution in [0.2, 0.25) is 5.02 Å². The van der Waals surface area contributed by atoms with Gasteiger partial charge in [-0.25, -0.2) is 4.98 Å². The third-order valence-corrected chi connectivity index (χ3v) is 6.10. The van der Waals surface area contributed by atoms with E-state index < -0.39 is 0 Å². The van der Waals surface area contributed by atoms with E-state index in [9.17, 15) is 0 Å². The minimum atomic E-state index is 0. The van der Waals surface area contributed by atoms with Crippen molar-refractivity contribution in [2.45, 2.75) is 31.6 Å². The Kier molecular flexibility index (Phi) is 9.46. The lowest BCUT2D eigenvalue weighted by atomic mass is 9.74. The Morgan fingerprint density at radius 2 is 2.11 bits per heavy atom. The standard InChI is InChI=1S/C20H27ClN4OS.HI/c1-15-25-18(13-27-15)6-9-23-19(22-2)24-14-20(7-10-26-11-8-20)16-4-3-5-17(21)12-16;/h3-5,12-13H,6-11,14H2,1-2H3,(H2,22,23,24);1H. The summed E-state index contributed by atoms with van der Waals surface area (Å²) < 4.78 is 5.61. The van der Waals surface area contributed by atoms with E-state index in [2.05, 4.69) is 38.1 Å². The van der Waals surface area contributed by atoms with Crippen molar-refractivity contribution in [1.82, 2.24) is 15.6 Å². The molecular weight excluding hydrogens is 507 g/mol. The zero-order chi connectivity index (χ0) is 19.1. The quantitative estimate of drug-likeness (QED) is 0.332. The number of aromatic nitrogens is 1. The number of hydrogen-bond acceptors (Lipinski definition) is 4. The van der Waals surface area contributed by atoms with Crippen LogP contribution < -0.4 is 10.6 Å². The van der Waals surface area contributed by atoms with Gasteiger partial charge in [-0.1, -0.05) is 23.7 Å². The molecule has 0 radical (unpaired) electrons. The summed E-state index contributed by atoms with van der Waals surface area (Å²) in [5.41, 5.74) is 2.40. The summed E-state index contributed by atoms with van der Waals surface area (Å²) in [7, 11) is 1.80. The Balaban J connectivity index is 0.00000280. The number of aliphatic imine (C=N–C) groups is 1. The molecule has 1 aliphatic rings. The molecule has 8 heteroatoms. The molecule has 1 aromatic carbocycles. The maximum absolute atomic E-state index is 6.25. The molecule has 2 heterocycles. The molecule has 1 saturated heterocycles. The van der Waals surface area contributed by atoms with Crippen LogP contribution in [0.3, 0.4) is 0 Å². The van der Waals surface area contributed by atoms with Crippen LogP contribution in [0.5, 0.6) is 0 Å². The van der Waals surface area contributed by atoms with Gasteiger partial charge in [0.15, 0.2) is 5.96 Å². The number of ether oxygens (including phenoxy) is 1. The highest BCUT2D eigenvalue weighted by Crippen LogP contribution is 2.35. The summed E-state index contributed by atoms with van der Waals surface area (Å²) in [4.78, 5) is 8.87. The highest BCUT2D eigenvalue weighted by Gasteiger charge is 2.34. The number of aryl methyl sites for hydroxylation is 1. The Hall–Kier alpha value is -0.900. The zero-order valence-corrected chi connectivity index (χ0v) is 20.2. The molecule has 0 unspecified atom stereocenters. The monoisotopic (exact) mass is 534 g/mol. The lowest BCUT2D eigenvalue weighted by Crippen LogP contribution is -2.48. The van der Waals surface area contributed by atoms with Crippen LogP contribution in [-0.2, 0) is 16.6 Å². The molecule has 0 bridgehead atoms. The molecule has 1 aliphatic heterocycles. The average Bonchev–Trinajstić information content (AvgIpc) is 3.10. The first-order valence-corrected chi connectivity index (χ1v) is 10.6. The van der Waals surface area contributed by atoms with E-state index in [4.69, 9.17) is 16.3 Å². The van der Waals surface area contributed by atoms with Gasteiger partial charge in [0.2, 0.25) is 0 Å². The van der Waals surface area contributed by atoms with Crippen molar-refractivity contribution < 1.29 is 4.74 Å². The van der Waals surface area contributed by atoms with Crippen LogP contribution in [-0.4, -0.2) is 44.3 Å². The van der Waals surface area contributed by atoms with Crippen molar-refractivity contribution in [3.8, 4) is 0 Å². The van der Waals surface area contributed by atoms with Crippen LogP contribution in [0.25, 0.3) is 0 Å². The lowest BCUT2D eigenvalue weighted by molar-refractivity contribution is 0.0514. The second-order valence-electron chi connectivity index (χ2n) is 6.86. The predicted octanol–water partition coefficient (Wildman–Crippen LogP) is 4.18. The molecule has 0 atom stereocenters. The molecule has 1 aromatic heterocycles. The number of benzene rings is 1. The third kappa shape index (κ3) is 6.30. The highest BCUT2D eigenvalue weighted by atomic mass is 127. The van der Waals surface area contributed by atoms with E-state index >= 15 is 0 Å². The van der Waals surface area contributed by atoms with Gasteiger partial charge in [-0.3, -0.25) is 4.99 Å². The van der Waals surface area contributed by atoms with Crippen molar-refractivity contribution >= 4 is 52.9 Å². The van der Waals surface area contributed by atoms with E-state index in [0.717, 1.165) is 67.2 Å². The predicted molar refractivity (Wildman–Crippen MR) is 129 cm³/mol. The summed E-state index contributed by atoms with van der Waals surface area (Å²) in [5, 5.41) is 10.9. The first-order valence-electron chi connectivity index (χ1n) is 9.31. The van der Waals surface area contributed by atoms with E-state index in [-0.39, 0.29) is 29.4 Å². The van der Waals surface area contributed by atoms with Gasteiger partial charge in [-0.05, 0) is 37.5 Å². The number of nitrogens with zero attached hydrogens (tertiary/aromatic N) is 2. The molecule has 2 N–H and O–H groups in total. The molecule has 5 nitrogen and oxygen atoms in total. The molecule has 2 aromatic rings. The molecular formula is C20H28ClIN4OS. The molecule has 28 heavy (non-hydrogen) atoms. The fourth-order valence-electron chi connectivity index (χ4n) is 3.45. The normalized spacial score (nSPS) is 16.3. The van der Waals surface area contributed by atoms with E-state index in [0.29, 0.717) is 0 Å². The largest absolute Gasteiger partial charge is 0.381 e. The molecule has 3 rings (SSSR count). The van der Waals surface area contributed by atoms with E-state index in [1.54, 1.807) is 18.4 Å². The van der Waals surface area contributed by atoms with Crippen molar-refractivity contribution in [2.24, 2.45) is 4.99 Å². The van der Waals surface area contributed by atoms with Gasteiger partial charge in [0, 0.05) is 55.6 Å². The first-order chi connectivity index (χ1) is 13.1. The highest BCUT2D eigenvalue weighted by molar-refractivity contribution is 14.0. The molecule has 0 amide bonds. The summed E-state index contributed by atoms with van der Waals surface area (Å²) >= 11 is 7.94. The summed E-state index contributed by atoms with van der Waals surface area (Å²) in [6.45, 7) is 5.17. The van der Waals surface area contributed by atoms with Gasteiger partial charge in [-0.15, -0.1) is 35.3 Å². The van der Waals surface area contributed by atoms with Gasteiger partial charge >= 0.3 is 0 Å². The number of halogens is 2. The van der Waals surface area contributed by atoms with E-state index in [1.807, 2.05) is 19.1 Å². The second kappa shape index (κ2) is 11.3. The van der Waals surface area contributed by atoms with Crippen LogP contribution in [0.4, 0.5) is 0 Å². The number of hydrogen-bond donors (Lipinski definition) is 2. The maximum atomic E-state index is 6.25. The van der Waals surface area contributed by atoms with Gasteiger partial charge in [0.25, 0.3) is 0 Å². The zero-order valence-electron chi connectivity index (χ0n) is 16.3. The van der Waals surface area contributed by atoms with Gasteiger partial charge in [-0.2, -0.15) is 0 Å². The Bertz CT molecular complexity index is 777. The Labute approximate surface area is 193 Å². The van der Waals surface area contributed by atoms with Gasteiger partial charge in [0.05, 0.1) is 10.7 Å². The van der Waals surface area contributed by atoms with Crippen molar-refractivity contribution in [2.75, 3.05) is 33.4 Å². The van der Waals surface area contributed by atoms with Gasteiger partial charge < -0.3 is 15.4 Å². The average molecular weight is 535 g/mol. The lowest BCUT2D eigenvalue weighted by Gasteiger charge is -2.38. The molecule has 154 valence electrons. The van der Waals surface area contributed by atoms with Crippen LogP contribution in [0, 0.1) is 6.92 Å². The second-order valence-corrected chi connectivity index (χ2v) is 8.36. The first kappa shape index (κ1) is 23.4. The summed E-state index contributed by atoms with van der Waals surface area (Å²) in [5.74, 6) is 0.815. The number of guanidine groups is 1. The molecule has 0 saturated carbocycles. The fraction of sp³-hybridized carbons (Fsp3) is 0.500. The topological polar surface area (TPSA) is 58.5 Å². The Morgan fingerprint density at radius 1 is 1.32 bits per heavy atom. The Morgan fingerprint density at radius 3 is 2.75 bits per heavy atom. The number of thiazole rings is 1. The molecule has 1 fully saturated rings. The summed E-state index contributed by atoms with van der Waals surface area (Å²) in [6.07, 6.45) is 2.82. The number of rotatable bonds is 6. The molecule has 0 aliphatic carbocycles. The van der Waals surface area contributed by atoms with Crippen LogP contribution >= 0.6 is 46.9 Å². The van der Waals surface area contributed by atoms with Crippen LogP contribution in [0.15, 0.2) is 34.6 Å². The van der Waals surface area contributed by atoms with Crippen molar-refractivity contribution in [3.05, 3.63) is 50.9 Å². The smallest absolute Gasteiger partial charge is 0.191 e. The maximum Gasteiger partial charge on any atom is 0.191 e. The minimum absolute atomic E-state index is 0. The molecule has 0 spiro atoms. The van der Waals surface area contributed by atoms with Crippen molar-refractivity contribution in [3.63, 3.8) is 0 Å². The number of nitrogens with one attached hydrogen (secondary N) is 2. The van der Waals surface area contributed by atoms with Gasteiger partial charge in [0.1, 0.15) is 0 Å². The third-order valence-electron chi connectivity index (χ3n) is 5.04. The SMILES string of the molecule is CN=C(NCCc1csc(C)n1)NCC1(c2cccc(Cl)c2)CCOCC1.I.